The summed E-state index contributed by atoms with van der Waals surface area (Å²) in [5, 5.41) is 0. The molecular formula is C11H11I3O5S. The van der Waals surface area contributed by atoms with Crippen molar-refractivity contribution in [1.82, 2.24) is 0 Å². The third-order valence-corrected chi connectivity index (χ3v) is 6.73. The van der Waals surface area contributed by atoms with Crippen molar-refractivity contribution in [2.24, 2.45) is 0 Å². The van der Waals surface area contributed by atoms with Crippen LogP contribution in [-0.2, 0) is 26.1 Å². The van der Waals surface area contributed by atoms with E-state index in [2.05, 4.69) is 73.8 Å². The van der Waals surface area contributed by atoms with Gasteiger partial charge in [0, 0.05) is 17.1 Å². The number of carbonyl (C=O) groups is 1. The Morgan fingerprint density at radius 2 is 1.90 bits per heavy atom. The van der Waals surface area contributed by atoms with E-state index < -0.39 is 21.8 Å². The van der Waals surface area contributed by atoms with Crippen LogP contribution < -0.4 is 0 Å². The lowest BCUT2D eigenvalue weighted by Crippen LogP contribution is -2.15. The van der Waals surface area contributed by atoms with E-state index in [4.69, 9.17) is 9.29 Å². The second-order valence-corrected chi connectivity index (χ2v) is 8.93. The average Bonchev–Trinajstić information content (AvgIpc) is 2.30. The van der Waals surface area contributed by atoms with Crippen molar-refractivity contribution in [2.75, 3.05) is 12.4 Å². The predicted octanol–water partition coefficient (Wildman–Crippen LogP) is 2.86. The summed E-state index contributed by atoms with van der Waals surface area (Å²) in [6, 6.07) is 4.06. The van der Waals surface area contributed by atoms with Crippen molar-refractivity contribution < 1.29 is 22.5 Å². The topological polar surface area (TPSA) is 80.7 Å². The molecule has 0 amide bonds. The first-order valence-corrected chi connectivity index (χ1v) is 10.3. The number of carbonyl (C=O) groups excluding carboxylic acids is 1. The van der Waals surface area contributed by atoms with Crippen molar-refractivity contribution in [2.45, 2.75) is 12.8 Å². The molecule has 20 heavy (non-hydrogen) atoms. The van der Waals surface area contributed by atoms with E-state index in [1.54, 1.807) is 0 Å². The zero-order valence-corrected chi connectivity index (χ0v) is 17.4. The number of hydrogen-bond acceptors (Lipinski definition) is 4. The van der Waals surface area contributed by atoms with Gasteiger partial charge < -0.3 is 4.74 Å². The standard InChI is InChI=1S/C11H11I3O5S/c12-8-5-7(11(14)9(13)6-8)1-2-10(15)19-3-4-20(16,17)18/h5-6H,1-4H2,(H,16,17,18). The van der Waals surface area contributed by atoms with Gasteiger partial charge in [-0.15, -0.1) is 0 Å². The highest BCUT2D eigenvalue weighted by Crippen LogP contribution is 2.23. The van der Waals surface area contributed by atoms with E-state index in [0.29, 0.717) is 6.42 Å². The van der Waals surface area contributed by atoms with Crippen molar-refractivity contribution in [1.29, 1.82) is 0 Å². The van der Waals surface area contributed by atoms with Crippen LogP contribution in [0.4, 0.5) is 0 Å². The molecule has 0 aliphatic heterocycles. The van der Waals surface area contributed by atoms with Gasteiger partial charge in [0.15, 0.2) is 0 Å². The van der Waals surface area contributed by atoms with E-state index >= 15 is 0 Å². The molecule has 0 aromatic heterocycles. The van der Waals surface area contributed by atoms with E-state index in [1.807, 2.05) is 6.07 Å². The molecule has 0 saturated carbocycles. The number of hydrogen-bond donors (Lipinski definition) is 1. The Hall–Kier alpha value is 0.790. The third kappa shape index (κ3) is 7.17. The highest BCUT2D eigenvalue weighted by atomic mass is 127. The van der Waals surface area contributed by atoms with Crippen molar-refractivity contribution >= 4 is 83.9 Å². The van der Waals surface area contributed by atoms with Crippen LogP contribution in [0.15, 0.2) is 12.1 Å². The van der Waals surface area contributed by atoms with Gasteiger partial charge >= 0.3 is 5.97 Å². The molecular weight excluding hydrogens is 625 g/mol. The van der Waals surface area contributed by atoms with Crippen LogP contribution in [0.3, 0.4) is 0 Å². The van der Waals surface area contributed by atoms with Crippen molar-refractivity contribution in [3.63, 3.8) is 0 Å². The summed E-state index contributed by atoms with van der Waals surface area (Å²) in [4.78, 5) is 11.5. The number of halogens is 3. The molecule has 0 saturated heterocycles. The maximum Gasteiger partial charge on any atom is 0.306 e. The summed E-state index contributed by atoms with van der Waals surface area (Å²) in [6.45, 7) is -0.321. The van der Waals surface area contributed by atoms with E-state index in [0.717, 1.165) is 16.3 Å². The molecule has 0 aliphatic rings. The molecule has 9 heteroatoms. The quantitative estimate of drug-likeness (QED) is 0.225. The van der Waals surface area contributed by atoms with E-state index in [9.17, 15) is 13.2 Å². The van der Waals surface area contributed by atoms with Crippen LogP contribution in [0.2, 0.25) is 0 Å². The van der Waals surface area contributed by atoms with Gasteiger partial charge in [-0.25, -0.2) is 0 Å². The van der Waals surface area contributed by atoms with Crippen LogP contribution in [0, 0.1) is 10.7 Å². The van der Waals surface area contributed by atoms with Gasteiger partial charge in [0.25, 0.3) is 10.1 Å². The Morgan fingerprint density at radius 3 is 2.50 bits per heavy atom. The molecule has 0 bridgehead atoms. The summed E-state index contributed by atoms with van der Waals surface area (Å²) in [5.41, 5.74) is 1.06. The van der Waals surface area contributed by atoms with Crippen LogP contribution in [0.1, 0.15) is 12.0 Å². The highest BCUT2D eigenvalue weighted by molar-refractivity contribution is 14.1. The van der Waals surface area contributed by atoms with Crippen LogP contribution in [0.25, 0.3) is 0 Å². The normalized spacial score (nSPS) is 11.4. The first kappa shape index (κ1) is 18.8. The predicted molar refractivity (Wildman–Crippen MR) is 100 cm³/mol. The first-order valence-electron chi connectivity index (χ1n) is 5.43. The highest BCUT2D eigenvalue weighted by Gasteiger charge is 2.11. The minimum Gasteiger partial charge on any atom is -0.464 e. The molecule has 0 fully saturated rings. The molecule has 0 radical (unpaired) electrons. The number of rotatable bonds is 6. The van der Waals surface area contributed by atoms with Gasteiger partial charge in [0.1, 0.15) is 12.4 Å². The Bertz CT molecular complexity index is 600. The lowest BCUT2D eigenvalue weighted by molar-refractivity contribution is -0.142. The maximum atomic E-state index is 11.5. The summed E-state index contributed by atoms with van der Waals surface area (Å²) in [6.07, 6.45) is 0.716. The van der Waals surface area contributed by atoms with Gasteiger partial charge in [0.2, 0.25) is 0 Å². The molecule has 112 valence electrons. The Balaban J connectivity index is 2.49. The second-order valence-electron chi connectivity index (χ2n) is 3.87. The fourth-order valence-electron chi connectivity index (χ4n) is 1.36. The van der Waals surface area contributed by atoms with Crippen molar-refractivity contribution in [3.05, 3.63) is 28.4 Å². The molecule has 1 aromatic rings. The number of esters is 1. The van der Waals surface area contributed by atoms with Gasteiger partial charge in [-0.05, 0) is 91.9 Å². The third-order valence-electron chi connectivity index (χ3n) is 2.27. The lowest BCUT2D eigenvalue weighted by atomic mass is 10.1. The monoisotopic (exact) mass is 636 g/mol. The van der Waals surface area contributed by atoms with E-state index in [-0.39, 0.29) is 13.0 Å². The van der Waals surface area contributed by atoms with Gasteiger partial charge in [0.05, 0.1) is 0 Å². The van der Waals surface area contributed by atoms with Gasteiger partial charge in [-0.2, -0.15) is 8.42 Å². The molecule has 1 N–H and O–H groups in total. The summed E-state index contributed by atoms with van der Waals surface area (Å²) in [7, 11) is -4.09. The fraction of sp³-hybridized carbons (Fsp3) is 0.364. The Kier molecular flexibility index (Phi) is 7.94. The second kappa shape index (κ2) is 8.43. The van der Waals surface area contributed by atoms with E-state index in [1.165, 1.54) is 0 Å². The summed E-state index contributed by atoms with van der Waals surface area (Å²) in [5.74, 6) is -1.05. The lowest BCUT2D eigenvalue weighted by Gasteiger charge is -2.08. The minimum absolute atomic E-state index is 0.178. The average molecular weight is 636 g/mol. The van der Waals surface area contributed by atoms with Gasteiger partial charge in [-0.1, -0.05) is 0 Å². The minimum atomic E-state index is -4.09. The number of benzene rings is 1. The molecule has 5 nitrogen and oxygen atoms in total. The molecule has 0 heterocycles. The number of ether oxygens (including phenoxy) is 1. The molecule has 1 rings (SSSR count). The molecule has 0 unspecified atom stereocenters. The zero-order chi connectivity index (χ0) is 15.3. The smallest absolute Gasteiger partial charge is 0.306 e. The summed E-state index contributed by atoms with van der Waals surface area (Å²) < 4.78 is 37.6. The largest absolute Gasteiger partial charge is 0.464 e. The van der Waals surface area contributed by atoms with Crippen LogP contribution in [-0.4, -0.2) is 31.3 Å². The molecule has 0 aliphatic carbocycles. The SMILES string of the molecule is O=C(CCc1cc(I)cc(I)c1I)OCCS(=O)(=O)O. The first-order chi connectivity index (χ1) is 9.19. The van der Waals surface area contributed by atoms with Crippen molar-refractivity contribution in [3.8, 4) is 0 Å². The van der Waals surface area contributed by atoms with Gasteiger partial charge in [-0.3, -0.25) is 9.35 Å². The zero-order valence-electron chi connectivity index (χ0n) is 10.1. The van der Waals surface area contributed by atoms with Crippen LogP contribution in [0.5, 0.6) is 0 Å². The molecule has 0 atom stereocenters. The summed E-state index contributed by atoms with van der Waals surface area (Å²) >= 11 is 6.69. The Morgan fingerprint density at radius 1 is 1.25 bits per heavy atom. The van der Waals surface area contributed by atoms with Crippen LogP contribution >= 0.6 is 67.8 Å². The number of aryl methyl sites for hydroxylation is 1. The maximum absolute atomic E-state index is 11.5. The molecule has 0 spiro atoms. The Labute approximate surface area is 158 Å². The fourth-order valence-corrected chi connectivity index (χ4v) is 4.20. The molecule has 1 aromatic carbocycles.